The van der Waals surface area contributed by atoms with Gasteiger partial charge in [-0.15, -0.1) is 0 Å². The Balaban J connectivity index is 1.94. The van der Waals surface area contributed by atoms with E-state index in [0.29, 0.717) is 12.8 Å². The molecule has 2 heterocycles. The molecule has 4 aliphatic rings. The monoisotopic (exact) mass is 260 g/mol. The summed E-state index contributed by atoms with van der Waals surface area (Å²) in [7, 11) is 0. The maximum Gasteiger partial charge on any atom is 0.168 e. The Morgan fingerprint density at radius 1 is 1.26 bits per heavy atom. The highest BCUT2D eigenvalue weighted by Gasteiger charge is 2.73. The molecule has 2 bridgehead atoms. The molecule has 0 aromatic rings. The third-order valence-electron chi connectivity index (χ3n) is 6.10. The first-order valence-electron chi connectivity index (χ1n) is 7.28. The van der Waals surface area contributed by atoms with E-state index in [1.807, 2.05) is 0 Å². The zero-order valence-corrected chi connectivity index (χ0v) is 11.8. The van der Waals surface area contributed by atoms with E-state index in [0.717, 1.165) is 12.8 Å². The molecule has 19 heavy (non-hydrogen) atoms. The maximum atomic E-state index is 12.7. The molecule has 1 saturated carbocycles. The number of hydrogen-bond donors (Lipinski definition) is 0. The van der Waals surface area contributed by atoms with Crippen molar-refractivity contribution in [1.82, 2.24) is 0 Å². The molecule has 2 aliphatic carbocycles. The fourth-order valence-electron chi connectivity index (χ4n) is 5.32. The predicted octanol–water partition coefficient (Wildman–Crippen LogP) is 2.44. The highest BCUT2D eigenvalue weighted by Crippen LogP contribution is 2.68. The second-order valence-electron chi connectivity index (χ2n) is 7.58. The summed E-state index contributed by atoms with van der Waals surface area (Å²) in [5, 5.41) is 0. The van der Waals surface area contributed by atoms with Gasteiger partial charge >= 0.3 is 0 Å². The van der Waals surface area contributed by atoms with Crippen molar-refractivity contribution in [2.75, 3.05) is 0 Å². The van der Waals surface area contributed by atoms with Gasteiger partial charge in [0.05, 0.1) is 5.60 Å². The lowest BCUT2D eigenvalue weighted by Gasteiger charge is -2.44. The van der Waals surface area contributed by atoms with Gasteiger partial charge in [-0.25, -0.2) is 0 Å². The molecule has 0 aromatic carbocycles. The molecule has 0 amide bonds. The van der Waals surface area contributed by atoms with Crippen molar-refractivity contribution in [3.8, 4) is 0 Å². The molecule has 0 radical (unpaired) electrons. The Bertz CT molecular complexity index is 544. The number of Topliss-reactive ketones (excluding diaryl/α,β-unsaturated/α-hetero) is 1. The van der Waals surface area contributed by atoms with Crippen LogP contribution in [0, 0.1) is 17.3 Å². The summed E-state index contributed by atoms with van der Waals surface area (Å²) >= 11 is 0. The summed E-state index contributed by atoms with van der Waals surface area (Å²) in [5.74, 6) is 0.659. The van der Waals surface area contributed by atoms with Gasteiger partial charge < -0.3 is 4.74 Å². The smallest absolute Gasteiger partial charge is 0.168 e. The van der Waals surface area contributed by atoms with Crippen LogP contribution in [0.25, 0.3) is 0 Å². The molecular weight excluding hydrogens is 240 g/mol. The summed E-state index contributed by atoms with van der Waals surface area (Å²) in [6.45, 7) is 6.42. The van der Waals surface area contributed by atoms with Crippen LogP contribution in [-0.2, 0) is 14.3 Å². The first-order valence-corrected chi connectivity index (χ1v) is 7.28. The number of ether oxygens (including phenoxy) is 1. The molecule has 3 nitrogen and oxygen atoms in total. The summed E-state index contributed by atoms with van der Waals surface area (Å²) in [6.07, 6.45) is 4.79. The lowest BCUT2D eigenvalue weighted by Crippen LogP contribution is -2.51. The van der Waals surface area contributed by atoms with E-state index in [9.17, 15) is 9.59 Å². The topological polar surface area (TPSA) is 43.4 Å². The lowest BCUT2D eigenvalue weighted by atomic mass is 9.70. The quantitative estimate of drug-likeness (QED) is 0.672. The maximum absolute atomic E-state index is 12.7. The van der Waals surface area contributed by atoms with E-state index in [2.05, 4.69) is 20.8 Å². The minimum atomic E-state index is -0.686. The van der Waals surface area contributed by atoms with Crippen LogP contribution in [0.5, 0.6) is 0 Å². The van der Waals surface area contributed by atoms with E-state index in [4.69, 9.17) is 4.74 Å². The summed E-state index contributed by atoms with van der Waals surface area (Å²) in [4.78, 5) is 24.6. The van der Waals surface area contributed by atoms with E-state index in [1.165, 1.54) is 5.57 Å². The normalized spacial score (nSPS) is 50.2. The molecule has 0 unspecified atom stereocenters. The third-order valence-corrected chi connectivity index (χ3v) is 6.10. The minimum Gasteiger partial charge on any atom is -0.360 e. The fourth-order valence-corrected chi connectivity index (χ4v) is 5.32. The average molecular weight is 260 g/mol. The number of carbonyl (C=O) groups excluding carboxylic acids is 2. The first kappa shape index (κ1) is 11.8. The number of ketones is 2. The molecule has 0 aromatic heterocycles. The molecule has 3 fully saturated rings. The van der Waals surface area contributed by atoms with E-state index < -0.39 is 5.60 Å². The van der Waals surface area contributed by atoms with E-state index in [1.54, 1.807) is 6.08 Å². The highest BCUT2D eigenvalue weighted by molar-refractivity contribution is 5.99. The van der Waals surface area contributed by atoms with Crippen LogP contribution in [0.2, 0.25) is 0 Å². The minimum absolute atomic E-state index is 0.00891. The van der Waals surface area contributed by atoms with Crippen LogP contribution in [0.1, 0.15) is 46.5 Å². The molecule has 0 N–H and O–H groups in total. The Labute approximate surface area is 113 Å². The van der Waals surface area contributed by atoms with Crippen LogP contribution in [-0.4, -0.2) is 22.8 Å². The Hall–Kier alpha value is -0.960. The lowest BCUT2D eigenvalue weighted by molar-refractivity contribution is -0.183. The van der Waals surface area contributed by atoms with Crippen LogP contribution in [0.15, 0.2) is 11.6 Å². The van der Waals surface area contributed by atoms with Crippen molar-refractivity contribution in [2.24, 2.45) is 17.3 Å². The van der Waals surface area contributed by atoms with Crippen molar-refractivity contribution in [3.63, 3.8) is 0 Å². The second-order valence-corrected chi connectivity index (χ2v) is 7.58. The van der Waals surface area contributed by atoms with Crippen LogP contribution in [0.4, 0.5) is 0 Å². The SMILES string of the molecule is CC1(C)C2=CC(=O)C[C@H]2[C@]23O[C@](C)(CC[C@@H]12)CC3=O. The Morgan fingerprint density at radius 3 is 2.74 bits per heavy atom. The zero-order chi connectivity index (χ0) is 13.6. The average Bonchev–Trinajstić information content (AvgIpc) is 2.82. The van der Waals surface area contributed by atoms with E-state index in [-0.39, 0.29) is 34.4 Å². The fraction of sp³-hybridized carbons (Fsp3) is 0.750. The molecule has 4 atom stereocenters. The highest BCUT2D eigenvalue weighted by atomic mass is 16.5. The molecule has 1 spiro atoms. The van der Waals surface area contributed by atoms with Crippen molar-refractivity contribution in [2.45, 2.75) is 57.7 Å². The largest absolute Gasteiger partial charge is 0.360 e. The molecule has 4 rings (SSSR count). The van der Waals surface area contributed by atoms with Gasteiger partial charge in [-0.2, -0.15) is 0 Å². The summed E-state index contributed by atoms with van der Waals surface area (Å²) < 4.78 is 6.36. The van der Waals surface area contributed by atoms with Crippen molar-refractivity contribution in [3.05, 3.63) is 11.6 Å². The molecular formula is C16H20O3. The van der Waals surface area contributed by atoms with Gasteiger partial charge in [0.2, 0.25) is 0 Å². The van der Waals surface area contributed by atoms with Crippen molar-refractivity contribution < 1.29 is 14.3 Å². The number of rotatable bonds is 0. The second kappa shape index (κ2) is 3.03. The van der Waals surface area contributed by atoms with Gasteiger partial charge in [-0.3, -0.25) is 9.59 Å². The predicted molar refractivity (Wildman–Crippen MR) is 69.5 cm³/mol. The molecule has 2 aliphatic heterocycles. The van der Waals surface area contributed by atoms with E-state index >= 15 is 0 Å². The molecule has 102 valence electrons. The van der Waals surface area contributed by atoms with Crippen molar-refractivity contribution in [1.29, 1.82) is 0 Å². The van der Waals surface area contributed by atoms with Gasteiger partial charge in [0.15, 0.2) is 11.6 Å². The van der Waals surface area contributed by atoms with Crippen molar-refractivity contribution >= 4 is 11.6 Å². The number of hydrogen-bond acceptors (Lipinski definition) is 3. The molecule has 2 saturated heterocycles. The van der Waals surface area contributed by atoms with Crippen LogP contribution in [0.3, 0.4) is 0 Å². The third kappa shape index (κ3) is 1.14. The standard InChI is InChI=1S/C16H20O3/c1-14(2)10-6-9(17)7-11(10)16-12(14)4-5-15(3,19-16)8-13(16)18/h6,11-12H,4-5,7-8H2,1-3H3/t11-,12+,15-,16+/m1/s1. The van der Waals surface area contributed by atoms with Crippen LogP contribution >= 0.6 is 0 Å². The van der Waals surface area contributed by atoms with Gasteiger partial charge in [-0.05, 0) is 31.3 Å². The van der Waals surface area contributed by atoms with Gasteiger partial charge in [0.1, 0.15) is 5.60 Å². The van der Waals surface area contributed by atoms with Gasteiger partial charge in [-0.1, -0.05) is 19.4 Å². The first-order chi connectivity index (χ1) is 8.80. The Morgan fingerprint density at radius 2 is 2.00 bits per heavy atom. The number of carbonyl (C=O) groups is 2. The van der Waals surface area contributed by atoms with Gasteiger partial charge in [0.25, 0.3) is 0 Å². The zero-order valence-electron chi connectivity index (χ0n) is 11.8. The number of allylic oxidation sites excluding steroid dienone is 1. The summed E-state index contributed by atoms with van der Waals surface area (Å²) in [6, 6.07) is 0. The molecule has 3 heteroatoms. The van der Waals surface area contributed by atoms with Gasteiger partial charge in [0, 0.05) is 24.7 Å². The number of fused-ring (bicyclic) bond motifs is 2. The Kier molecular flexibility index (Phi) is 1.89. The van der Waals surface area contributed by atoms with Crippen LogP contribution < -0.4 is 0 Å². The summed E-state index contributed by atoms with van der Waals surface area (Å²) in [5.41, 5.74) is 0.110.